The van der Waals surface area contributed by atoms with Crippen molar-refractivity contribution in [3.8, 4) is 0 Å². The first kappa shape index (κ1) is 4.91. The number of H-pyrrole nitrogens is 1. The Labute approximate surface area is 54.3 Å². The molecule has 0 aliphatic carbocycles. The van der Waals surface area contributed by atoms with Crippen LogP contribution in [0, 0.1) is 0 Å². The predicted molar refractivity (Wildman–Crippen MR) is 37.6 cm³/mol. The summed E-state index contributed by atoms with van der Waals surface area (Å²) in [5.41, 5.74) is 2.72. The van der Waals surface area contributed by atoms with E-state index in [1.165, 1.54) is 24.1 Å². The number of fused-ring (bicyclic) bond motifs is 1. The van der Waals surface area contributed by atoms with Gasteiger partial charge < -0.3 is 10.3 Å². The molecule has 1 aliphatic rings. The van der Waals surface area contributed by atoms with Crippen LogP contribution in [0.15, 0.2) is 12.4 Å². The normalized spacial score (nSPS) is 16.4. The predicted octanol–water partition coefficient (Wildman–Crippen LogP) is 1.37. The third-order valence-electron chi connectivity index (χ3n) is 1.77. The molecule has 1 aromatic heterocycles. The molecule has 48 valence electrons. The fourth-order valence-electron chi connectivity index (χ4n) is 1.27. The van der Waals surface area contributed by atoms with Crippen LogP contribution >= 0.6 is 0 Å². The Morgan fingerprint density at radius 1 is 1.33 bits per heavy atom. The van der Waals surface area contributed by atoms with Crippen LogP contribution in [-0.4, -0.2) is 11.5 Å². The smallest absolute Gasteiger partial charge is 0.0550 e. The molecule has 2 nitrogen and oxygen atoms in total. The lowest BCUT2D eigenvalue weighted by Crippen LogP contribution is -2.08. The van der Waals surface area contributed by atoms with Gasteiger partial charge in [0.15, 0.2) is 0 Å². The summed E-state index contributed by atoms with van der Waals surface area (Å²) in [4.78, 5) is 3.08. The maximum atomic E-state index is 3.31. The number of aromatic nitrogens is 1. The second-order valence-electron chi connectivity index (χ2n) is 2.42. The highest BCUT2D eigenvalue weighted by Crippen LogP contribution is 2.19. The van der Waals surface area contributed by atoms with Gasteiger partial charge in [-0.25, -0.2) is 0 Å². The van der Waals surface area contributed by atoms with Gasteiger partial charge in [0.1, 0.15) is 0 Å². The monoisotopic (exact) mass is 122 g/mol. The second kappa shape index (κ2) is 1.79. The van der Waals surface area contributed by atoms with Crippen LogP contribution < -0.4 is 5.32 Å². The van der Waals surface area contributed by atoms with Gasteiger partial charge in [0, 0.05) is 18.9 Å². The van der Waals surface area contributed by atoms with Gasteiger partial charge in [0.2, 0.25) is 0 Å². The Morgan fingerprint density at radius 3 is 3.22 bits per heavy atom. The summed E-state index contributed by atoms with van der Waals surface area (Å²) in [5, 5.41) is 3.31. The zero-order valence-electron chi connectivity index (χ0n) is 5.28. The van der Waals surface area contributed by atoms with Crippen LogP contribution in [0.25, 0.3) is 0 Å². The van der Waals surface area contributed by atoms with E-state index < -0.39 is 0 Å². The Hall–Kier alpha value is -0.920. The molecular weight excluding hydrogens is 112 g/mol. The molecule has 0 aromatic carbocycles. The highest BCUT2D eigenvalue weighted by molar-refractivity contribution is 5.51. The van der Waals surface area contributed by atoms with Crippen molar-refractivity contribution in [2.75, 3.05) is 11.9 Å². The largest absolute Gasteiger partial charge is 0.384 e. The highest BCUT2D eigenvalue weighted by Gasteiger charge is 2.06. The van der Waals surface area contributed by atoms with Crippen molar-refractivity contribution >= 4 is 5.69 Å². The average molecular weight is 122 g/mol. The number of aryl methyl sites for hydroxylation is 1. The first-order chi connectivity index (χ1) is 4.47. The van der Waals surface area contributed by atoms with Crippen LogP contribution in [0.3, 0.4) is 0 Å². The number of nitrogens with one attached hydrogen (secondary N) is 2. The number of aromatic amines is 1. The average Bonchev–Trinajstić information content (AvgIpc) is 2.33. The molecule has 0 saturated heterocycles. The van der Waals surface area contributed by atoms with Gasteiger partial charge in [-0.15, -0.1) is 0 Å². The summed E-state index contributed by atoms with van der Waals surface area (Å²) in [5.74, 6) is 0. The summed E-state index contributed by atoms with van der Waals surface area (Å²) >= 11 is 0. The number of rotatable bonds is 0. The second-order valence-corrected chi connectivity index (χ2v) is 2.42. The summed E-state index contributed by atoms with van der Waals surface area (Å²) in [6.45, 7) is 1.13. The van der Waals surface area contributed by atoms with Crippen molar-refractivity contribution in [3.63, 3.8) is 0 Å². The van der Waals surface area contributed by atoms with Gasteiger partial charge >= 0.3 is 0 Å². The van der Waals surface area contributed by atoms with Crippen LogP contribution in [0.2, 0.25) is 0 Å². The Balaban J connectivity index is 2.39. The molecule has 2 heterocycles. The zero-order chi connectivity index (χ0) is 6.10. The van der Waals surface area contributed by atoms with Gasteiger partial charge in [-0.05, 0) is 18.4 Å². The standard InChI is InChI=1S/C7H10N2/c1-2-6-4-8-5-7(6)9-3-1/h4-5,8-9H,1-3H2. The van der Waals surface area contributed by atoms with Crippen LogP contribution in [0.5, 0.6) is 0 Å². The summed E-state index contributed by atoms with van der Waals surface area (Å²) in [7, 11) is 0. The summed E-state index contributed by atoms with van der Waals surface area (Å²) in [6.07, 6.45) is 6.59. The van der Waals surface area contributed by atoms with Crippen molar-refractivity contribution in [2.45, 2.75) is 12.8 Å². The van der Waals surface area contributed by atoms with E-state index >= 15 is 0 Å². The molecule has 0 radical (unpaired) electrons. The third kappa shape index (κ3) is 0.707. The fraction of sp³-hybridized carbons (Fsp3) is 0.429. The minimum Gasteiger partial charge on any atom is -0.384 e. The van der Waals surface area contributed by atoms with Gasteiger partial charge in [0.05, 0.1) is 5.69 Å². The molecular formula is C7H10N2. The molecule has 2 rings (SSSR count). The van der Waals surface area contributed by atoms with Crippen LogP contribution in [0.1, 0.15) is 12.0 Å². The van der Waals surface area contributed by atoms with Crippen molar-refractivity contribution < 1.29 is 0 Å². The first-order valence-electron chi connectivity index (χ1n) is 3.36. The topological polar surface area (TPSA) is 27.8 Å². The number of hydrogen-bond donors (Lipinski definition) is 2. The molecule has 9 heavy (non-hydrogen) atoms. The quantitative estimate of drug-likeness (QED) is 0.534. The first-order valence-corrected chi connectivity index (χ1v) is 3.36. The van der Waals surface area contributed by atoms with Gasteiger partial charge in [-0.1, -0.05) is 0 Å². The molecule has 2 N–H and O–H groups in total. The Bertz CT molecular complexity index is 182. The molecule has 0 bridgehead atoms. The Kier molecular flexibility index (Phi) is 0.979. The lowest BCUT2D eigenvalue weighted by atomic mass is 10.1. The fourth-order valence-corrected chi connectivity index (χ4v) is 1.27. The molecule has 0 fully saturated rings. The molecule has 0 atom stereocenters. The van der Waals surface area contributed by atoms with E-state index in [1.54, 1.807) is 0 Å². The van der Waals surface area contributed by atoms with Gasteiger partial charge in [0.25, 0.3) is 0 Å². The maximum absolute atomic E-state index is 3.31. The van der Waals surface area contributed by atoms with Crippen molar-refractivity contribution in [2.24, 2.45) is 0 Å². The Morgan fingerprint density at radius 2 is 2.33 bits per heavy atom. The van der Waals surface area contributed by atoms with E-state index in [-0.39, 0.29) is 0 Å². The molecule has 2 heteroatoms. The van der Waals surface area contributed by atoms with Crippen molar-refractivity contribution in [3.05, 3.63) is 18.0 Å². The van der Waals surface area contributed by atoms with E-state index in [0.717, 1.165) is 6.54 Å². The summed E-state index contributed by atoms with van der Waals surface area (Å²) in [6, 6.07) is 0. The van der Waals surface area contributed by atoms with Gasteiger partial charge in [-0.2, -0.15) is 0 Å². The molecule has 0 amide bonds. The molecule has 0 spiro atoms. The van der Waals surface area contributed by atoms with Crippen molar-refractivity contribution in [1.29, 1.82) is 0 Å². The van der Waals surface area contributed by atoms with Gasteiger partial charge in [-0.3, -0.25) is 0 Å². The van der Waals surface area contributed by atoms with E-state index in [1.807, 2.05) is 6.20 Å². The number of hydrogen-bond acceptors (Lipinski definition) is 1. The van der Waals surface area contributed by atoms with E-state index in [2.05, 4.69) is 16.5 Å². The van der Waals surface area contributed by atoms with E-state index in [4.69, 9.17) is 0 Å². The molecule has 1 aliphatic heterocycles. The lowest BCUT2D eigenvalue weighted by molar-refractivity contribution is 0.834. The highest BCUT2D eigenvalue weighted by atomic mass is 14.9. The number of anilines is 1. The van der Waals surface area contributed by atoms with E-state index in [9.17, 15) is 0 Å². The SMILES string of the molecule is c1[nH]cc2c1CCCN2. The summed E-state index contributed by atoms with van der Waals surface area (Å²) < 4.78 is 0. The zero-order valence-corrected chi connectivity index (χ0v) is 5.28. The molecule has 0 unspecified atom stereocenters. The minimum absolute atomic E-state index is 1.13. The minimum atomic E-state index is 1.13. The van der Waals surface area contributed by atoms with Crippen LogP contribution in [-0.2, 0) is 6.42 Å². The van der Waals surface area contributed by atoms with E-state index in [0.29, 0.717) is 0 Å². The van der Waals surface area contributed by atoms with Crippen LogP contribution in [0.4, 0.5) is 5.69 Å². The third-order valence-corrected chi connectivity index (χ3v) is 1.77. The molecule has 0 saturated carbocycles. The lowest BCUT2D eigenvalue weighted by Gasteiger charge is -2.12. The van der Waals surface area contributed by atoms with Crippen molar-refractivity contribution in [1.82, 2.24) is 4.98 Å². The maximum Gasteiger partial charge on any atom is 0.0550 e. The molecule has 1 aromatic rings.